The zero-order valence-electron chi connectivity index (χ0n) is 9.32. The van der Waals surface area contributed by atoms with Crippen molar-refractivity contribution >= 4 is 5.91 Å². The molecule has 0 aromatic heterocycles. The number of benzene rings is 1. The molecule has 16 heavy (non-hydrogen) atoms. The van der Waals surface area contributed by atoms with Crippen molar-refractivity contribution in [2.45, 2.75) is 19.3 Å². The first kappa shape index (κ1) is 12.7. The summed E-state index contributed by atoms with van der Waals surface area (Å²) in [6.45, 7) is 0.605. The SMILES string of the molecule is NOCC(=O)NCCCCc1ccccc1. The summed E-state index contributed by atoms with van der Waals surface area (Å²) in [5, 5.41) is 2.73. The molecule has 0 bridgehead atoms. The summed E-state index contributed by atoms with van der Waals surface area (Å²) < 4.78 is 0. The van der Waals surface area contributed by atoms with Crippen LogP contribution in [0, 0.1) is 0 Å². The highest BCUT2D eigenvalue weighted by atomic mass is 16.6. The number of carbonyl (C=O) groups excluding carboxylic acids is 1. The first-order valence-corrected chi connectivity index (χ1v) is 5.45. The summed E-state index contributed by atoms with van der Waals surface area (Å²) in [5.41, 5.74) is 1.33. The fourth-order valence-corrected chi connectivity index (χ4v) is 1.45. The average molecular weight is 222 g/mol. The molecule has 0 unspecified atom stereocenters. The Kier molecular flexibility index (Phi) is 6.22. The quantitative estimate of drug-likeness (QED) is 0.534. The highest BCUT2D eigenvalue weighted by molar-refractivity contribution is 5.77. The summed E-state index contributed by atoms with van der Waals surface area (Å²) in [7, 11) is 0. The molecule has 1 aromatic carbocycles. The molecule has 1 aromatic rings. The van der Waals surface area contributed by atoms with E-state index in [0.717, 1.165) is 19.3 Å². The molecule has 0 heterocycles. The van der Waals surface area contributed by atoms with Gasteiger partial charge in [-0.2, -0.15) is 0 Å². The standard InChI is InChI=1S/C12H18N2O2/c13-16-10-12(15)14-9-5-4-8-11-6-2-1-3-7-11/h1-3,6-7H,4-5,8-10,13H2,(H,14,15). The zero-order valence-corrected chi connectivity index (χ0v) is 9.32. The third-order valence-corrected chi connectivity index (χ3v) is 2.27. The van der Waals surface area contributed by atoms with Gasteiger partial charge in [0, 0.05) is 6.54 Å². The highest BCUT2D eigenvalue weighted by Crippen LogP contribution is 2.03. The molecule has 3 N–H and O–H groups in total. The molecular formula is C12H18N2O2. The normalized spacial score (nSPS) is 10.1. The van der Waals surface area contributed by atoms with Crippen molar-refractivity contribution in [3.8, 4) is 0 Å². The van der Waals surface area contributed by atoms with Gasteiger partial charge in [0.1, 0.15) is 6.61 Å². The lowest BCUT2D eigenvalue weighted by atomic mass is 10.1. The second-order valence-corrected chi connectivity index (χ2v) is 3.60. The van der Waals surface area contributed by atoms with Crippen molar-refractivity contribution in [2.75, 3.05) is 13.2 Å². The van der Waals surface area contributed by atoms with E-state index in [1.165, 1.54) is 5.56 Å². The number of hydrogen-bond acceptors (Lipinski definition) is 3. The van der Waals surface area contributed by atoms with Crippen molar-refractivity contribution in [2.24, 2.45) is 5.90 Å². The Morgan fingerprint density at radius 3 is 2.69 bits per heavy atom. The van der Waals surface area contributed by atoms with E-state index < -0.39 is 0 Å². The Hall–Kier alpha value is -1.39. The molecule has 0 spiro atoms. The maximum Gasteiger partial charge on any atom is 0.248 e. The topological polar surface area (TPSA) is 64.3 Å². The van der Waals surface area contributed by atoms with Crippen LogP contribution in [0.2, 0.25) is 0 Å². The molecule has 0 aliphatic rings. The van der Waals surface area contributed by atoms with Crippen molar-refractivity contribution in [1.82, 2.24) is 5.32 Å². The van der Waals surface area contributed by atoms with Crippen LogP contribution in [-0.2, 0) is 16.1 Å². The van der Waals surface area contributed by atoms with Gasteiger partial charge in [0.05, 0.1) is 0 Å². The molecule has 0 fully saturated rings. The number of nitrogens with two attached hydrogens (primary N) is 1. The highest BCUT2D eigenvalue weighted by Gasteiger charge is 1.98. The van der Waals surface area contributed by atoms with Crippen molar-refractivity contribution in [3.05, 3.63) is 35.9 Å². The second-order valence-electron chi connectivity index (χ2n) is 3.60. The number of aryl methyl sites for hydroxylation is 1. The largest absolute Gasteiger partial charge is 0.354 e. The van der Waals surface area contributed by atoms with Gasteiger partial charge in [-0.25, -0.2) is 5.90 Å². The van der Waals surface area contributed by atoms with E-state index in [9.17, 15) is 4.79 Å². The minimum absolute atomic E-state index is 0.0707. The Morgan fingerprint density at radius 2 is 2.00 bits per heavy atom. The summed E-state index contributed by atoms with van der Waals surface area (Å²) in [5.74, 6) is 4.61. The van der Waals surface area contributed by atoms with Crippen molar-refractivity contribution in [1.29, 1.82) is 0 Å². The fraction of sp³-hybridized carbons (Fsp3) is 0.417. The van der Waals surface area contributed by atoms with Gasteiger partial charge in [0.2, 0.25) is 5.91 Å². The smallest absolute Gasteiger partial charge is 0.248 e. The van der Waals surface area contributed by atoms with E-state index in [-0.39, 0.29) is 12.5 Å². The van der Waals surface area contributed by atoms with Crippen LogP contribution in [-0.4, -0.2) is 19.1 Å². The van der Waals surface area contributed by atoms with Crippen molar-refractivity contribution in [3.63, 3.8) is 0 Å². The third kappa shape index (κ3) is 5.48. The molecule has 4 heteroatoms. The molecule has 0 radical (unpaired) electrons. The molecule has 88 valence electrons. The van der Waals surface area contributed by atoms with Gasteiger partial charge in [0.15, 0.2) is 0 Å². The van der Waals surface area contributed by atoms with E-state index in [0.29, 0.717) is 6.54 Å². The molecule has 0 aliphatic heterocycles. The summed E-state index contributed by atoms with van der Waals surface area (Å²) in [4.78, 5) is 15.2. The van der Waals surface area contributed by atoms with Gasteiger partial charge in [-0.15, -0.1) is 0 Å². The van der Waals surface area contributed by atoms with E-state index in [4.69, 9.17) is 5.90 Å². The number of rotatable bonds is 7. The molecule has 1 rings (SSSR count). The Bertz CT molecular complexity index is 301. The first-order chi connectivity index (χ1) is 7.83. The average Bonchev–Trinajstić information content (AvgIpc) is 2.30. The van der Waals surface area contributed by atoms with Crippen LogP contribution in [0.25, 0.3) is 0 Å². The predicted molar refractivity (Wildman–Crippen MR) is 62.5 cm³/mol. The number of unbranched alkanes of at least 4 members (excludes halogenated alkanes) is 1. The van der Waals surface area contributed by atoms with Crippen LogP contribution in [0.4, 0.5) is 0 Å². The van der Waals surface area contributed by atoms with E-state index >= 15 is 0 Å². The first-order valence-electron chi connectivity index (χ1n) is 5.45. The van der Waals surface area contributed by atoms with Crippen LogP contribution >= 0.6 is 0 Å². The molecule has 4 nitrogen and oxygen atoms in total. The van der Waals surface area contributed by atoms with Gasteiger partial charge < -0.3 is 5.32 Å². The monoisotopic (exact) mass is 222 g/mol. The number of hydrogen-bond donors (Lipinski definition) is 2. The molecule has 0 atom stereocenters. The minimum Gasteiger partial charge on any atom is -0.354 e. The summed E-state index contributed by atoms with van der Waals surface area (Å²) in [6.07, 6.45) is 3.07. The van der Waals surface area contributed by atoms with E-state index in [1.807, 2.05) is 18.2 Å². The van der Waals surface area contributed by atoms with Gasteiger partial charge >= 0.3 is 0 Å². The van der Waals surface area contributed by atoms with Gasteiger partial charge in [-0.3, -0.25) is 9.63 Å². The van der Waals surface area contributed by atoms with Gasteiger partial charge in [0.25, 0.3) is 0 Å². The number of amides is 1. The third-order valence-electron chi connectivity index (χ3n) is 2.27. The molecule has 0 saturated heterocycles. The van der Waals surface area contributed by atoms with Crippen LogP contribution in [0.3, 0.4) is 0 Å². The Morgan fingerprint density at radius 1 is 1.25 bits per heavy atom. The maximum absolute atomic E-state index is 11.0. The summed E-state index contributed by atoms with van der Waals surface area (Å²) in [6, 6.07) is 10.3. The molecule has 0 saturated carbocycles. The lowest BCUT2D eigenvalue weighted by Gasteiger charge is -2.04. The Balaban J connectivity index is 2.02. The summed E-state index contributed by atoms with van der Waals surface area (Å²) >= 11 is 0. The zero-order chi connectivity index (χ0) is 11.6. The van der Waals surface area contributed by atoms with E-state index in [2.05, 4.69) is 22.3 Å². The van der Waals surface area contributed by atoms with E-state index in [1.54, 1.807) is 0 Å². The Labute approximate surface area is 95.7 Å². The van der Waals surface area contributed by atoms with Crippen molar-refractivity contribution < 1.29 is 9.63 Å². The minimum atomic E-state index is -0.165. The number of nitrogens with one attached hydrogen (secondary N) is 1. The molecule has 1 amide bonds. The maximum atomic E-state index is 11.0. The van der Waals surface area contributed by atoms with Crippen LogP contribution < -0.4 is 11.2 Å². The van der Waals surface area contributed by atoms with Crippen LogP contribution in [0.5, 0.6) is 0 Å². The molecular weight excluding hydrogens is 204 g/mol. The van der Waals surface area contributed by atoms with Crippen LogP contribution in [0.15, 0.2) is 30.3 Å². The fourth-order valence-electron chi connectivity index (χ4n) is 1.45. The number of carbonyl (C=O) groups is 1. The van der Waals surface area contributed by atoms with Gasteiger partial charge in [-0.1, -0.05) is 30.3 Å². The lowest BCUT2D eigenvalue weighted by molar-refractivity contribution is -0.125. The van der Waals surface area contributed by atoms with Gasteiger partial charge in [-0.05, 0) is 24.8 Å². The molecule has 0 aliphatic carbocycles. The van der Waals surface area contributed by atoms with Crippen LogP contribution in [0.1, 0.15) is 18.4 Å². The lowest BCUT2D eigenvalue weighted by Crippen LogP contribution is -2.29. The second kappa shape index (κ2) is 7.84. The predicted octanol–water partition coefficient (Wildman–Crippen LogP) is 1.02.